The number of rotatable bonds is 4. The summed E-state index contributed by atoms with van der Waals surface area (Å²) in [5, 5.41) is 4.24. The van der Waals surface area contributed by atoms with E-state index in [1.165, 1.54) is 6.26 Å². The summed E-state index contributed by atoms with van der Waals surface area (Å²) in [5.41, 5.74) is 3.73. The summed E-state index contributed by atoms with van der Waals surface area (Å²) in [4.78, 5) is 23.5. The molecule has 1 heterocycles. The van der Waals surface area contributed by atoms with Crippen molar-refractivity contribution in [1.29, 1.82) is 0 Å². The summed E-state index contributed by atoms with van der Waals surface area (Å²) in [7, 11) is 3.46. The SMILES string of the molecule is CN(C)NC(=O)c1ccc(NC(=O)c2ccco2)cc1. The Morgan fingerprint density at radius 3 is 2.30 bits per heavy atom. The van der Waals surface area contributed by atoms with E-state index in [2.05, 4.69) is 10.7 Å². The maximum atomic E-state index is 11.7. The van der Waals surface area contributed by atoms with Crippen molar-refractivity contribution in [3.63, 3.8) is 0 Å². The van der Waals surface area contributed by atoms with Crippen molar-refractivity contribution in [2.45, 2.75) is 0 Å². The number of hydrazine groups is 1. The van der Waals surface area contributed by atoms with Crippen LogP contribution in [0.25, 0.3) is 0 Å². The van der Waals surface area contributed by atoms with Crippen LogP contribution in [0.15, 0.2) is 47.1 Å². The van der Waals surface area contributed by atoms with Gasteiger partial charge in [-0.3, -0.25) is 15.0 Å². The third-order valence-corrected chi connectivity index (χ3v) is 2.48. The van der Waals surface area contributed by atoms with Crippen molar-refractivity contribution in [3.8, 4) is 0 Å². The second kappa shape index (κ2) is 6.03. The average Bonchev–Trinajstić information content (AvgIpc) is 2.92. The van der Waals surface area contributed by atoms with Crippen LogP contribution in [0.1, 0.15) is 20.9 Å². The monoisotopic (exact) mass is 273 g/mol. The molecule has 0 radical (unpaired) electrons. The van der Waals surface area contributed by atoms with Crippen LogP contribution in [-0.4, -0.2) is 30.9 Å². The summed E-state index contributed by atoms with van der Waals surface area (Å²) in [5.74, 6) is -0.307. The van der Waals surface area contributed by atoms with Gasteiger partial charge >= 0.3 is 0 Å². The highest BCUT2D eigenvalue weighted by Crippen LogP contribution is 2.11. The standard InChI is InChI=1S/C14H15N3O3/c1-17(2)16-13(18)10-5-7-11(8-6-10)15-14(19)12-4-3-9-20-12/h3-9H,1-2H3,(H,15,19)(H,16,18). The van der Waals surface area contributed by atoms with E-state index in [4.69, 9.17) is 4.42 Å². The lowest BCUT2D eigenvalue weighted by Gasteiger charge is -2.12. The van der Waals surface area contributed by atoms with Gasteiger partial charge in [-0.2, -0.15) is 0 Å². The van der Waals surface area contributed by atoms with Gasteiger partial charge in [0.05, 0.1) is 6.26 Å². The van der Waals surface area contributed by atoms with Crippen LogP contribution in [0.4, 0.5) is 5.69 Å². The summed E-state index contributed by atoms with van der Waals surface area (Å²) >= 11 is 0. The summed E-state index contributed by atoms with van der Waals surface area (Å²) in [6.45, 7) is 0. The molecule has 1 aromatic heterocycles. The fourth-order valence-corrected chi connectivity index (χ4v) is 1.57. The number of hydrogen-bond donors (Lipinski definition) is 2. The van der Waals surface area contributed by atoms with Crippen molar-refractivity contribution in [3.05, 3.63) is 54.0 Å². The van der Waals surface area contributed by atoms with Crippen molar-refractivity contribution < 1.29 is 14.0 Å². The summed E-state index contributed by atoms with van der Waals surface area (Å²) < 4.78 is 4.99. The predicted molar refractivity (Wildman–Crippen MR) is 74.3 cm³/mol. The van der Waals surface area contributed by atoms with E-state index >= 15 is 0 Å². The van der Waals surface area contributed by atoms with Crippen molar-refractivity contribution in [2.75, 3.05) is 19.4 Å². The lowest BCUT2D eigenvalue weighted by molar-refractivity contribution is 0.0856. The first-order valence-corrected chi connectivity index (χ1v) is 5.99. The molecule has 0 saturated carbocycles. The van der Waals surface area contributed by atoms with Gasteiger partial charge in [-0.25, -0.2) is 5.01 Å². The number of nitrogens with zero attached hydrogens (tertiary/aromatic N) is 1. The zero-order chi connectivity index (χ0) is 14.5. The maximum absolute atomic E-state index is 11.7. The van der Waals surface area contributed by atoms with E-state index in [1.54, 1.807) is 55.5 Å². The van der Waals surface area contributed by atoms with Crippen LogP contribution in [0, 0.1) is 0 Å². The molecule has 20 heavy (non-hydrogen) atoms. The van der Waals surface area contributed by atoms with Gasteiger partial charge in [0, 0.05) is 25.3 Å². The van der Waals surface area contributed by atoms with Crippen molar-refractivity contribution in [1.82, 2.24) is 10.4 Å². The van der Waals surface area contributed by atoms with E-state index in [1.807, 2.05) is 0 Å². The van der Waals surface area contributed by atoms with Crippen LogP contribution in [0.3, 0.4) is 0 Å². The second-order valence-electron chi connectivity index (χ2n) is 4.34. The first kappa shape index (κ1) is 13.8. The lowest BCUT2D eigenvalue weighted by Crippen LogP contribution is -2.36. The molecule has 0 aliphatic heterocycles. The highest BCUT2D eigenvalue weighted by atomic mass is 16.3. The lowest BCUT2D eigenvalue weighted by atomic mass is 10.2. The van der Waals surface area contributed by atoms with E-state index < -0.39 is 0 Å². The third-order valence-electron chi connectivity index (χ3n) is 2.48. The fourth-order valence-electron chi connectivity index (χ4n) is 1.57. The minimum atomic E-state index is -0.333. The first-order chi connectivity index (χ1) is 9.56. The van der Waals surface area contributed by atoms with Gasteiger partial charge in [0.1, 0.15) is 0 Å². The largest absolute Gasteiger partial charge is 0.459 e. The Hall–Kier alpha value is -2.60. The molecule has 6 nitrogen and oxygen atoms in total. The third kappa shape index (κ3) is 3.46. The van der Waals surface area contributed by atoms with E-state index in [0.29, 0.717) is 11.3 Å². The number of carbonyl (C=O) groups excluding carboxylic acids is 2. The van der Waals surface area contributed by atoms with Crippen LogP contribution in [0.2, 0.25) is 0 Å². The molecule has 104 valence electrons. The highest BCUT2D eigenvalue weighted by Gasteiger charge is 2.10. The number of anilines is 1. The van der Waals surface area contributed by atoms with Crippen LogP contribution >= 0.6 is 0 Å². The minimum absolute atomic E-state index is 0.209. The molecule has 0 aliphatic carbocycles. The normalized spacial score (nSPS) is 10.3. The summed E-state index contributed by atoms with van der Waals surface area (Å²) in [6, 6.07) is 9.81. The molecule has 0 unspecified atom stereocenters. The molecule has 0 bridgehead atoms. The Balaban J connectivity index is 2.01. The molecule has 0 saturated heterocycles. The first-order valence-electron chi connectivity index (χ1n) is 5.99. The van der Waals surface area contributed by atoms with Crippen molar-refractivity contribution >= 4 is 17.5 Å². The minimum Gasteiger partial charge on any atom is -0.459 e. The second-order valence-corrected chi connectivity index (χ2v) is 4.34. The Labute approximate surface area is 116 Å². The Morgan fingerprint density at radius 2 is 1.75 bits per heavy atom. The molecule has 6 heteroatoms. The van der Waals surface area contributed by atoms with Gasteiger partial charge in [-0.05, 0) is 36.4 Å². The van der Waals surface area contributed by atoms with Crippen molar-refractivity contribution in [2.24, 2.45) is 0 Å². The predicted octanol–water partition coefficient (Wildman–Crippen LogP) is 1.74. The number of nitrogens with one attached hydrogen (secondary N) is 2. The number of furan rings is 1. The molecule has 0 spiro atoms. The van der Waals surface area contributed by atoms with Crippen LogP contribution in [-0.2, 0) is 0 Å². The Bertz CT molecular complexity index is 589. The molecule has 2 amide bonds. The quantitative estimate of drug-likeness (QED) is 0.832. The molecular weight excluding hydrogens is 258 g/mol. The molecule has 1 aromatic carbocycles. The number of hydrogen-bond acceptors (Lipinski definition) is 4. The molecule has 0 aliphatic rings. The molecule has 2 aromatic rings. The van der Waals surface area contributed by atoms with Crippen LogP contribution < -0.4 is 10.7 Å². The van der Waals surface area contributed by atoms with E-state index in [-0.39, 0.29) is 17.6 Å². The Morgan fingerprint density at radius 1 is 1.05 bits per heavy atom. The zero-order valence-corrected chi connectivity index (χ0v) is 11.2. The highest BCUT2D eigenvalue weighted by molar-refractivity contribution is 6.02. The van der Waals surface area contributed by atoms with Gasteiger partial charge in [0.25, 0.3) is 11.8 Å². The summed E-state index contributed by atoms with van der Waals surface area (Å²) in [6.07, 6.45) is 1.43. The smallest absolute Gasteiger partial charge is 0.291 e. The zero-order valence-electron chi connectivity index (χ0n) is 11.2. The number of amides is 2. The number of benzene rings is 1. The molecule has 2 N–H and O–H groups in total. The fraction of sp³-hybridized carbons (Fsp3) is 0.143. The van der Waals surface area contributed by atoms with E-state index in [0.717, 1.165) is 0 Å². The maximum Gasteiger partial charge on any atom is 0.291 e. The topological polar surface area (TPSA) is 74.6 Å². The van der Waals surface area contributed by atoms with E-state index in [9.17, 15) is 9.59 Å². The van der Waals surface area contributed by atoms with Gasteiger partial charge in [0.15, 0.2) is 5.76 Å². The molecule has 0 fully saturated rings. The van der Waals surface area contributed by atoms with Crippen LogP contribution in [0.5, 0.6) is 0 Å². The van der Waals surface area contributed by atoms with Gasteiger partial charge < -0.3 is 9.73 Å². The van der Waals surface area contributed by atoms with Gasteiger partial charge in [-0.1, -0.05) is 0 Å². The number of carbonyl (C=O) groups is 2. The van der Waals surface area contributed by atoms with Gasteiger partial charge in [-0.15, -0.1) is 0 Å². The van der Waals surface area contributed by atoms with Gasteiger partial charge in [0.2, 0.25) is 0 Å². The molecule has 0 atom stereocenters. The molecular formula is C14H15N3O3. The molecule has 2 rings (SSSR count). The Kier molecular flexibility index (Phi) is 4.17. The average molecular weight is 273 g/mol.